The molecule has 0 radical (unpaired) electrons. The van der Waals surface area contributed by atoms with E-state index in [1.807, 2.05) is 24.3 Å². The van der Waals surface area contributed by atoms with Crippen molar-refractivity contribution < 1.29 is 14.4 Å². The topological polar surface area (TPSA) is 105 Å². The summed E-state index contributed by atoms with van der Waals surface area (Å²) in [5.41, 5.74) is 6.20. The number of carbonyl (C=O) groups is 3. The molecule has 27 heavy (non-hydrogen) atoms. The van der Waals surface area contributed by atoms with E-state index in [0.717, 1.165) is 11.3 Å². The van der Waals surface area contributed by atoms with Gasteiger partial charge in [-0.15, -0.1) is 0 Å². The first-order chi connectivity index (χ1) is 12.6. The number of anilines is 1. The Labute approximate surface area is 159 Å². The summed E-state index contributed by atoms with van der Waals surface area (Å²) in [7, 11) is 1.73. The quantitative estimate of drug-likeness (QED) is 0.733. The number of nitrogens with two attached hydrogens (primary N) is 1. The largest absolute Gasteiger partial charge is 0.368 e. The van der Waals surface area contributed by atoms with Crippen molar-refractivity contribution in [1.82, 2.24) is 10.2 Å². The van der Waals surface area contributed by atoms with Gasteiger partial charge >= 0.3 is 0 Å². The van der Waals surface area contributed by atoms with E-state index in [-0.39, 0.29) is 30.2 Å². The van der Waals surface area contributed by atoms with E-state index >= 15 is 0 Å². The second-order valence-electron chi connectivity index (χ2n) is 8.78. The van der Waals surface area contributed by atoms with Gasteiger partial charge in [0.2, 0.25) is 17.7 Å². The van der Waals surface area contributed by atoms with Gasteiger partial charge in [0.25, 0.3) is 0 Å². The predicted molar refractivity (Wildman–Crippen MR) is 103 cm³/mol. The fraction of sp³-hybridized carbons (Fsp3) is 0.550. The lowest BCUT2D eigenvalue weighted by Gasteiger charge is -2.31. The van der Waals surface area contributed by atoms with Gasteiger partial charge in [0.05, 0.1) is 11.5 Å². The van der Waals surface area contributed by atoms with Crippen molar-refractivity contribution in [1.29, 1.82) is 0 Å². The molecule has 3 amide bonds. The highest BCUT2D eigenvalue weighted by molar-refractivity contribution is 6.08. The van der Waals surface area contributed by atoms with Gasteiger partial charge in [0.1, 0.15) is 6.04 Å². The fourth-order valence-electron chi connectivity index (χ4n) is 4.25. The molecule has 1 unspecified atom stereocenters. The minimum Gasteiger partial charge on any atom is -0.368 e. The molecule has 3 atom stereocenters. The molecule has 0 aromatic heterocycles. The highest BCUT2D eigenvalue weighted by atomic mass is 16.2. The van der Waals surface area contributed by atoms with Crippen LogP contribution in [0.1, 0.15) is 39.2 Å². The molecule has 2 aliphatic heterocycles. The smallest absolute Gasteiger partial charge is 0.240 e. The molecule has 4 N–H and O–H groups in total. The molecule has 2 aliphatic rings. The van der Waals surface area contributed by atoms with Gasteiger partial charge in [0.15, 0.2) is 0 Å². The van der Waals surface area contributed by atoms with Crippen LogP contribution in [0.5, 0.6) is 0 Å². The Morgan fingerprint density at radius 2 is 2.04 bits per heavy atom. The first-order valence-electron chi connectivity index (χ1n) is 9.27. The van der Waals surface area contributed by atoms with Crippen LogP contribution in [0.4, 0.5) is 5.69 Å². The number of hydrogen-bond acceptors (Lipinski definition) is 4. The average Bonchev–Trinajstić information content (AvgIpc) is 3.12. The molecule has 0 bridgehead atoms. The molecule has 146 valence electrons. The highest BCUT2D eigenvalue weighted by Crippen LogP contribution is 2.46. The molecule has 0 saturated carbocycles. The third-order valence-corrected chi connectivity index (χ3v) is 5.56. The Balaban J connectivity index is 1.96. The Hall–Kier alpha value is -2.41. The van der Waals surface area contributed by atoms with E-state index in [1.165, 1.54) is 4.90 Å². The van der Waals surface area contributed by atoms with Crippen LogP contribution in [-0.2, 0) is 19.8 Å². The summed E-state index contributed by atoms with van der Waals surface area (Å²) in [5.74, 6) is -0.949. The molecule has 0 aliphatic carbocycles. The molecule has 3 rings (SSSR count). The van der Waals surface area contributed by atoms with Crippen molar-refractivity contribution in [2.75, 3.05) is 18.9 Å². The van der Waals surface area contributed by atoms with Gasteiger partial charge < -0.3 is 21.3 Å². The zero-order valence-corrected chi connectivity index (χ0v) is 16.3. The molecular weight excluding hydrogens is 344 g/mol. The van der Waals surface area contributed by atoms with E-state index in [4.69, 9.17) is 5.73 Å². The fourth-order valence-corrected chi connectivity index (χ4v) is 4.25. The Kier molecular flexibility index (Phi) is 4.76. The summed E-state index contributed by atoms with van der Waals surface area (Å²) in [5, 5.41) is 5.95. The van der Waals surface area contributed by atoms with Crippen LogP contribution < -0.4 is 16.4 Å². The van der Waals surface area contributed by atoms with Gasteiger partial charge in [-0.25, -0.2) is 0 Å². The average molecular weight is 372 g/mol. The molecule has 1 saturated heterocycles. The zero-order valence-electron chi connectivity index (χ0n) is 16.3. The van der Waals surface area contributed by atoms with E-state index in [0.29, 0.717) is 6.42 Å². The predicted octanol–water partition coefficient (Wildman–Crippen LogP) is 0.987. The number of nitrogens with one attached hydrogen (secondary N) is 2. The summed E-state index contributed by atoms with van der Waals surface area (Å²) in [6.45, 7) is 6.33. The minimum absolute atomic E-state index is 0.0691. The number of para-hydroxylation sites is 1. The van der Waals surface area contributed by atoms with Crippen LogP contribution in [0.15, 0.2) is 24.3 Å². The van der Waals surface area contributed by atoms with Crippen molar-refractivity contribution >= 4 is 23.4 Å². The second kappa shape index (κ2) is 6.64. The van der Waals surface area contributed by atoms with Crippen molar-refractivity contribution in [3.05, 3.63) is 29.8 Å². The number of nitrogens with zero attached hydrogens (tertiary/aromatic N) is 1. The summed E-state index contributed by atoms with van der Waals surface area (Å²) in [6.07, 6.45) is 0.822. The van der Waals surface area contributed by atoms with Crippen LogP contribution in [0.2, 0.25) is 0 Å². The van der Waals surface area contributed by atoms with E-state index in [2.05, 4.69) is 31.4 Å². The number of likely N-dealkylation sites (tertiary alicyclic amines) is 1. The number of rotatable bonds is 4. The Morgan fingerprint density at radius 1 is 1.37 bits per heavy atom. The van der Waals surface area contributed by atoms with Crippen molar-refractivity contribution in [3.63, 3.8) is 0 Å². The monoisotopic (exact) mass is 372 g/mol. The molecular formula is C20H28N4O3. The van der Waals surface area contributed by atoms with Gasteiger partial charge in [0, 0.05) is 12.2 Å². The van der Waals surface area contributed by atoms with Crippen molar-refractivity contribution in [2.45, 2.75) is 51.1 Å². The Bertz CT molecular complexity index is 786. The van der Waals surface area contributed by atoms with Gasteiger partial charge in [-0.1, -0.05) is 39.0 Å². The van der Waals surface area contributed by atoms with Crippen LogP contribution in [0.25, 0.3) is 0 Å². The number of fused-ring (bicyclic) bond motifs is 2. The first-order valence-corrected chi connectivity index (χ1v) is 9.27. The van der Waals surface area contributed by atoms with Crippen LogP contribution in [0, 0.1) is 5.41 Å². The molecule has 2 heterocycles. The third kappa shape index (κ3) is 3.32. The molecule has 1 aromatic rings. The van der Waals surface area contributed by atoms with Gasteiger partial charge in [-0.05, 0) is 36.9 Å². The van der Waals surface area contributed by atoms with E-state index in [9.17, 15) is 14.4 Å². The normalized spacial score (nSPS) is 25.4. The SMILES string of the molecule is CNC(CC(C)(C)C)C(=O)N1C[C@]2(C[C@H]1C(N)=O)C(=O)Nc1ccccc12. The summed E-state index contributed by atoms with van der Waals surface area (Å²) in [4.78, 5) is 39.7. The number of benzene rings is 1. The molecule has 7 nitrogen and oxygen atoms in total. The maximum Gasteiger partial charge on any atom is 0.240 e. The van der Waals surface area contributed by atoms with Crippen LogP contribution >= 0.6 is 0 Å². The molecule has 7 heteroatoms. The lowest BCUT2D eigenvalue weighted by molar-refractivity contribution is -0.139. The van der Waals surface area contributed by atoms with E-state index in [1.54, 1.807) is 7.05 Å². The Morgan fingerprint density at radius 3 is 2.63 bits per heavy atom. The van der Waals surface area contributed by atoms with Gasteiger partial charge in [-0.3, -0.25) is 14.4 Å². The van der Waals surface area contributed by atoms with Crippen LogP contribution in [0.3, 0.4) is 0 Å². The summed E-state index contributed by atoms with van der Waals surface area (Å²) >= 11 is 0. The minimum atomic E-state index is -0.925. The number of primary amides is 1. The third-order valence-electron chi connectivity index (χ3n) is 5.56. The summed E-state index contributed by atoms with van der Waals surface area (Å²) < 4.78 is 0. The maximum atomic E-state index is 13.3. The van der Waals surface area contributed by atoms with Crippen molar-refractivity contribution in [2.24, 2.45) is 11.1 Å². The highest BCUT2D eigenvalue weighted by Gasteiger charge is 2.57. The van der Waals surface area contributed by atoms with E-state index < -0.39 is 23.4 Å². The standard InChI is InChI=1S/C20H28N4O3/c1-19(2,3)9-14(22-4)17(26)24-11-20(10-15(24)16(21)25)12-7-5-6-8-13(12)23-18(20)27/h5-8,14-15,22H,9-11H2,1-4H3,(H2,21,25)(H,23,27)/t14?,15-,20-/m0/s1. The molecule has 1 spiro atoms. The van der Waals surface area contributed by atoms with Gasteiger partial charge in [-0.2, -0.15) is 0 Å². The molecule has 1 fully saturated rings. The first kappa shape index (κ1) is 19.4. The lowest BCUT2D eigenvalue weighted by Crippen LogP contribution is -2.52. The second-order valence-corrected chi connectivity index (χ2v) is 8.78. The lowest BCUT2D eigenvalue weighted by atomic mass is 9.79. The maximum absolute atomic E-state index is 13.3. The zero-order chi connectivity index (χ0) is 20.0. The summed E-state index contributed by atoms with van der Waals surface area (Å²) in [6, 6.07) is 6.18. The number of likely N-dealkylation sites (N-methyl/N-ethyl adjacent to an activating group) is 1. The number of amides is 3. The number of carbonyl (C=O) groups excluding carboxylic acids is 3. The number of hydrogen-bond donors (Lipinski definition) is 3. The van der Waals surface area contributed by atoms with Crippen molar-refractivity contribution in [3.8, 4) is 0 Å². The van der Waals surface area contributed by atoms with Crippen LogP contribution in [-0.4, -0.2) is 48.3 Å². The molecule has 1 aromatic carbocycles.